The van der Waals surface area contributed by atoms with Gasteiger partial charge >= 0.3 is 5.69 Å². The lowest BCUT2D eigenvalue weighted by molar-refractivity contribution is -0.384. The smallest absolute Gasteiger partial charge is 0.342 e. The monoisotopic (exact) mass is 381 g/mol. The number of H-pyrrole nitrogens is 2. The van der Waals surface area contributed by atoms with E-state index in [0.29, 0.717) is 5.56 Å². The van der Waals surface area contributed by atoms with Gasteiger partial charge in [-0.2, -0.15) is 5.10 Å². The number of hydrogen-bond acceptors (Lipinski definition) is 8. The summed E-state index contributed by atoms with van der Waals surface area (Å²) in [4.78, 5) is 45.9. The molecule has 0 spiro atoms. The van der Waals surface area contributed by atoms with Gasteiger partial charge < -0.3 is 5.32 Å². The molecule has 1 aromatic heterocycles. The van der Waals surface area contributed by atoms with Crippen LogP contribution < -0.4 is 22.0 Å². The molecule has 0 atom stereocenters. The number of nitro groups is 1. The predicted octanol–water partition coefficient (Wildman–Crippen LogP) is -0.0279. The summed E-state index contributed by atoms with van der Waals surface area (Å²) in [6, 6.07) is 4.07. The van der Waals surface area contributed by atoms with Crippen LogP contribution in [-0.4, -0.2) is 38.8 Å². The van der Waals surface area contributed by atoms with E-state index < -0.39 is 22.1 Å². The number of amides is 1. The Morgan fingerprint density at radius 1 is 1.42 bits per heavy atom. The molecule has 0 aliphatic carbocycles. The van der Waals surface area contributed by atoms with E-state index in [1.54, 1.807) is 0 Å². The molecule has 13 heteroatoms. The number of benzene rings is 1. The van der Waals surface area contributed by atoms with Crippen LogP contribution in [0.5, 0.6) is 0 Å². The van der Waals surface area contributed by atoms with Crippen LogP contribution in [-0.2, 0) is 4.79 Å². The highest BCUT2D eigenvalue weighted by molar-refractivity contribution is 6.32. The summed E-state index contributed by atoms with van der Waals surface area (Å²) in [5.41, 5.74) is 0.881. The van der Waals surface area contributed by atoms with Gasteiger partial charge in [0.2, 0.25) is 11.7 Å². The van der Waals surface area contributed by atoms with E-state index in [4.69, 9.17) is 11.6 Å². The molecule has 0 saturated carbocycles. The van der Waals surface area contributed by atoms with Crippen molar-refractivity contribution in [1.29, 1.82) is 0 Å². The maximum absolute atomic E-state index is 11.6. The number of carbonyl (C=O) groups excluding carboxylic acids is 1. The van der Waals surface area contributed by atoms with E-state index in [2.05, 4.69) is 20.9 Å². The fourth-order valence-electron chi connectivity index (χ4n) is 1.75. The molecule has 0 unspecified atom stereocenters. The summed E-state index contributed by atoms with van der Waals surface area (Å²) in [5, 5.41) is 22.6. The Morgan fingerprint density at radius 3 is 2.88 bits per heavy atom. The molecule has 0 aliphatic rings. The lowest BCUT2D eigenvalue weighted by Crippen LogP contribution is -2.28. The van der Waals surface area contributed by atoms with Gasteiger partial charge in [-0.25, -0.2) is 15.3 Å². The number of nitrogens with one attached hydrogen (secondary N) is 4. The fraction of sp³-hybridized carbons (Fsp3) is 0.154. The molecule has 2 aromatic rings. The van der Waals surface area contributed by atoms with E-state index >= 15 is 0 Å². The number of hydrogen-bond donors (Lipinski definition) is 4. The van der Waals surface area contributed by atoms with Gasteiger partial charge in [-0.1, -0.05) is 17.7 Å². The SMILES string of the molecule is O=C(CCNc1n[nH]c(=O)[nH]c1=O)N/N=C/c1ccc(Cl)c([N+](=O)[O-])c1. The minimum Gasteiger partial charge on any atom is -0.364 e. The number of aromatic nitrogens is 3. The zero-order valence-electron chi connectivity index (χ0n) is 13.0. The molecular weight excluding hydrogens is 370 g/mol. The highest BCUT2D eigenvalue weighted by atomic mass is 35.5. The lowest BCUT2D eigenvalue weighted by atomic mass is 10.2. The Morgan fingerprint density at radius 2 is 2.19 bits per heavy atom. The van der Waals surface area contributed by atoms with Gasteiger partial charge in [0.05, 0.1) is 11.1 Å². The lowest BCUT2D eigenvalue weighted by Gasteiger charge is -2.03. The standard InChI is InChI=1S/C13H12ClN7O5/c14-8-2-1-7(5-9(8)21(25)26)6-16-18-10(22)3-4-15-11-12(23)17-13(24)20-19-11/h1-2,5-6H,3-4H2,(H,15,19)(H,18,22)(H2,17,20,23,24)/b16-6+. The quantitative estimate of drug-likeness (QED) is 0.295. The second-order valence-electron chi connectivity index (χ2n) is 4.79. The highest BCUT2D eigenvalue weighted by Crippen LogP contribution is 2.24. The normalized spacial score (nSPS) is 10.7. The van der Waals surface area contributed by atoms with E-state index in [-0.39, 0.29) is 29.5 Å². The van der Waals surface area contributed by atoms with Gasteiger partial charge in [-0.3, -0.25) is 24.7 Å². The summed E-state index contributed by atoms with van der Waals surface area (Å²) in [6.07, 6.45) is 1.18. The minimum atomic E-state index is -0.741. The average Bonchev–Trinajstić information content (AvgIpc) is 2.58. The summed E-state index contributed by atoms with van der Waals surface area (Å²) >= 11 is 5.69. The van der Waals surface area contributed by atoms with Crippen LogP contribution in [0.3, 0.4) is 0 Å². The van der Waals surface area contributed by atoms with Gasteiger partial charge in [0.15, 0.2) is 0 Å². The van der Waals surface area contributed by atoms with Crippen LogP contribution in [0.4, 0.5) is 11.5 Å². The molecule has 1 heterocycles. The second-order valence-corrected chi connectivity index (χ2v) is 5.20. The zero-order valence-corrected chi connectivity index (χ0v) is 13.7. The van der Waals surface area contributed by atoms with Gasteiger partial charge in [-0.05, 0) is 6.07 Å². The van der Waals surface area contributed by atoms with Crippen molar-refractivity contribution in [3.05, 3.63) is 59.7 Å². The minimum absolute atomic E-state index is 0.00638. The molecule has 1 aromatic carbocycles. The number of carbonyl (C=O) groups is 1. The Balaban J connectivity index is 1.84. The maximum Gasteiger partial charge on any atom is 0.342 e. The average molecular weight is 382 g/mol. The molecule has 0 fully saturated rings. The van der Waals surface area contributed by atoms with Crippen molar-refractivity contribution in [3.8, 4) is 0 Å². The molecule has 0 aliphatic heterocycles. The van der Waals surface area contributed by atoms with Crippen LogP contribution in [0.25, 0.3) is 0 Å². The van der Waals surface area contributed by atoms with E-state index in [1.807, 2.05) is 10.1 Å². The third-order valence-corrected chi connectivity index (χ3v) is 3.25. The molecule has 12 nitrogen and oxygen atoms in total. The Bertz CT molecular complexity index is 968. The van der Waals surface area contributed by atoms with Crippen molar-refractivity contribution in [1.82, 2.24) is 20.6 Å². The van der Waals surface area contributed by atoms with Gasteiger partial charge in [0.25, 0.3) is 11.2 Å². The summed E-state index contributed by atoms with van der Waals surface area (Å²) < 4.78 is 0. The van der Waals surface area contributed by atoms with E-state index in [0.717, 1.165) is 0 Å². The highest BCUT2D eigenvalue weighted by Gasteiger charge is 2.11. The molecule has 2 rings (SSSR count). The summed E-state index contributed by atoms with van der Waals surface area (Å²) in [6.45, 7) is 0.0654. The molecule has 4 N–H and O–H groups in total. The van der Waals surface area contributed by atoms with Crippen LogP contribution in [0.1, 0.15) is 12.0 Å². The molecule has 0 radical (unpaired) electrons. The molecule has 0 bridgehead atoms. The first-order chi connectivity index (χ1) is 12.4. The van der Waals surface area contributed by atoms with Crippen LogP contribution >= 0.6 is 11.6 Å². The van der Waals surface area contributed by atoms with Crippen molar-refractivity contribution in [2.24, 2.45) is 5.10 Å². The molecular formula is C13H12ClN7O5. The maximum atomic E-state index is 11.6. The largest absolute Gasteiger partial charge is 0.364 e. The Kier molecular flexibility index (Phi) is 6.16. The number of rotatable bonds is 7. The Hall–Kier alpha value is -3.54. The number of hydrazone groups is 1. The number of nitrogens with zero attached hydrogens (tertiary/aromatic N) is 3. The third-order valence-electron chi connectivity index (χ3n) is 2.93. The number of halogens is 1. The number of anilines is 1. The van der Waals surface area contributed by atoms with Gasteiger partial charge in [0.1, 0.15) is 5.02 Å². The van der Waals surface area contributed by atoms with Gasteiger partial charge in [-0.15, -0.1) is 5.10 Å². The van der Waals surface area contributed by atoms with Crippen LogP contribution in [0, 0.1) is 10.1 Å². The van der Waals surface area contributed by atoms with E-state index in [9.17, 15) is 24.5 Å². The van der Waals surface area contributed by atoms with Crippen molar-refractivity contribution in [2.75, 3.05) is 11.9 Å². The number of aromatic amines is 2. The van der Waals surface area contributed by atoms with Crippen LogP contribution in [0.2, 0.25) is 5.02 Å². The van der Waals surface area contributed by atoms with Crippen molar-refractivity contribution in [2.45, 2.75) is 6.42 Å². The fourth-order valence-corrected chi connectivity index (χ4v) is 1.93. The molecule has 1 amide bonds. The first-order valence-electron chi connectivity index (χ1n) is 7.05. The van der Waals surface area contributed by atoms with Crippen molar-refractivity contribution in [3.63, 3.8) is 0 Å². The molecule has 0 saturated heterocycles. The first kappa shape index (κ1) is 18.8. The summed E-state index contributed by atoms with van der Waals surface area (Å²) in [7, 11) is 0. The van der Waals surface area contributed by atoms with E-state index in [1.165, 1.54) is 24.4 Å². The van der Waals surface area contributed by atoms with Gasteiger partial charge in [0, 0.05) is 24.6 Å². The first-order valence-corrected chi connectivity index (χ1v) is 7.43. The third kappa shape index (κ3) is 5.24. The predicted molar refractivity (Wildman–Crippen MR) is 92.4 cm³/mol. The Labute approximate surface area is 149 Å². The second kappa shape index (κ2) is 8.53. The number of nitro benzene ring substituents is 1. The summed E-state index contributed by atoms with van der Waals surface area (Å²) in [5.74, 6) is -0.604. The van der Waals surface area contributed by atoms with Crippen molar-refractivity contribution >= 4 is 35.2 Å². The zero-order chi connectivity index (χ0) is 19.1. The molecule has 26 heavy (non-hydrogen) atoms. The van der Waals surface area contributed by atoms with Crippen LogP contribution in [0.15, 0.2) is 32.9 Å². The van der Waals surface area contributed by atoms with Crippen molar-refractivity contribution < 1.29 is 9.72 Å². The molecule has 136 valence electrons. The topological polar surface area (TPSA) is 175 Å².